The van der Waals surface area contributed by atoms with E-state index < -0.39 is 0 Å². The largest absolute Gasteiger partial charge is 0.292 e. The zero-order chi connectivity index (χ0) is 13.2. The van der Waals surface area contributed by atoms with Gasteiger partial charge in [0, 0.05) is 5.56 Å². The summed E-state index contributed by atoms with van der Waals surface area (Å²) in [6, 6.07) is 20.1. The highest BCUT2D eigenvalue weighted by atomic mass is 16.1. The first-order valence-electron chi connectivity index (χ1n) is 6.73. The monoisotopic (exact) mass is 251 g/mol. The van der Waals surface area contributed by atoms with Crippen LogP contribution in [-0.4, -0.2) is 23.3 Å². The van der Waals surface area contributed by atoms with Crippen LogP contribution in [-0.2, 0) is 0 Å². The van der Waals surface area contributed by atoms with E-state index in [4.69, 9.17) is 0 Å². The van der Waals surface area contributed by atoms with Gasteiger partial charge >= 0.3 is 0 Å². The number of hydrogen-bond donors (Lipinski definition) is 0. The molecular weight excluding hydrogens is 234 g/mol. The summed E-state index contributed by atoms with van der Waals surface area (Å²) in [6.07, 6.45) is 0. The van der Waals surface area contributed by atoms with Crippen LogP contribution in [0.3, 0.4) is 0 Å². The number of hydrogen-bond acceptors (Lipinski definition) is 2. The van der Waals surface area contributed by atoms with Gasteiger partial charge in [-0.25, -0.2) is 0 Å². The van der Waals surface area contributed by atoms with Crippen molar-refractivity contribution < 1.29 is 4.79 Å². The number of carbonyl (C=O) groups excluding carboxylic acids is 1. The molecule has 1 fully saturated rings. The Balaban J connectivity index is 1.84. The topological polar surface area (TPSA) is 20.1 Å². The first-order valence-corrected chi connectivity index (χ1v) is 6.73. The van der Waals surface area contributed by atoms with Crippen molar-refractivity contribution in [2.45, 2.75) is 19.0 Å². The number of carbonyl (C=O) groups is 1. The van der Waals surface area contributed by atoms with Crippen molar-refractivity contribution in [2.75, 3.05) is 6.54 Å². The lowest BCUT2D eigenvalue weighted by Crippen LogP contribution is -2.12. The Labute approximate surface area is 113 Å². The predicted octanol–water partition coefficient (Wildman–Crippen LogP) is 3.31. The van der Waals surface area contributed by atoms with E-state index in [1.54, 1.807) is 0 Å². The molecule has 2 aromatic rings. The molecule has 96 valence electrons. The molecule has 1 heterocycles. The maximum atomic E-state index is 12.5. The molecule has 0 N–H and O–H groups in total. The molecular formula is C17H17NO. The van der Waals surface area contributed by atoms with Crippen molar-refractivity contribution in [1.29, 1.82) is 0 Å². The molecule has 0 bridgehead atoms. The van der Waals surface area contributed by atoms with Crippen molar-refractivity contribution in [2.24, 2.45) is 0 Å². The van der Waals surface area contributed by atoms with Crippen molar-refractivity contribution in [1.82, 2.24) is 4.90 Å². The average molecular weight is 251 g/mol. The van der Waals surface area contributed by atoms with Gasteiger partial charge in [-0.15, -0.1) is 0 Å². The van der Waals surface area contributed by atoms with Gasteiger partial charge in [0.1, 0.15) is 0 Å². The number of likely N-dealkylation sites (N-methyl/N-ethyl adjacent to an activating group) is 1. The minimum atomic E-state index is 0.00907. The van der Waals surface area contributed by atoms with Crippen LogP contribution in [0.25, 0.3) is 0 Å². The number of rotatable bonds is 4. The first kappa shape index (κ1) is 12.1. The zero-order valence-electron chi connectivity index (χ0n) is 11.0. The molecule has 0 radical (unpaired) electrons. The van der Waals surface area contributed by atoms with Gasteiger partial charge in [-0.2, -0.15) is 0 Å². The molecule has 0 saturated carbocycles. The van der Waals surface area contributed by atoms with E-state index in [0.29, 0.717) is 0 Å². The van der Waals surface area contributed by atoms with Gasteiger partial charge in [-0.3, -0.25) is 9.69 Å². The Kier molecular flexibility index (Phi) is 3.18. The third kappa shape index (κ3) is 2.20. The molecule has 0 spiro atoms. The fourth-order valence-corrected chi connectivity index (χ4v) is 2.76. The molecule has 1 unspecified atom stereocenters. The van der Waals surface area contributed by atoms with E-state index in [9.17, 15) is 4.79 Å². The zero-order valence-corrected chi connectivity index (χ0v) is 11.0. The Morgan fingerprint density at radius 3 is 2.16 bits per heavy atom. The van der Waals surface area contributed by atoms with Gasteiger partial charge < -0.3 is 0 Å². The first-order chi connectivity index (χ1) is 9.33. The summed E-state index contributed by atoms with van der Waals surface area (Å²) >= 11 is 0. The molecule has 1 saturated heterocycles. The van der Waals surface area contributed by atoms with Gasteiger partial charge in [0.25, 0.3) is 0 Å². The van der Waals surface area contributed by atoms with Crippen LogP contribution in [0.1, 0.15) is 28.9 Å². The quantitative estimate of drug-likeness (QED) is 0.613. The van der Waals surface area contributed by atoms with Crippen molar-refractivity contribution >= 4 is 5.78 Å². The summed E-state index contributed by atoms with van der Waals surface area (Å²) in [6.45, 7) is 3.01. The summed E-state index contributed by atoms with van der Waals surface area (Å²) in [4.78, 5) is 14.8. The van der Waals surface area contributed by atoms with Crippen LogP contribution in [0.15, 0.2) is 60.7 Å². The standard InChI is InChI=1S/C17H17NO/c1-2-18-15(13-9-5-3-6-10-13)16(18)17(19)14-11-7-4-8-12-14/h3-12,15-16H,2H2,1H3/t15-,16-,18?/m0/s1. The molecule has 2 heteroatoms. The molecule has 2 nitrogen and oxygen atoms in total. The van der Waals surface area contributed by atoms with Gasteiger partial charge in [0.15, 0.2) is 5.78 Å². The Bertz CT molecular complexity index is 564. The van der Waals surface area contributed by atoms with Crippen molar-refractivity contribution in [3.05, 3.63) is 71.8 Å². The van der Waals surface area contributed by atoms with Gasteiger partial charge in [-0.05, 0) is 12.1 Å². The van der Waals surface area contributed by atoms with Gasteiger partial charge in [0.2, 0.25) is 0 Å². The molecule has 3 atom stereocenters. The third-order valence-electron chi connectivity index (χ3n) is 3.76. The fourth-order valence-electron chi connectivity index (χ4n) is 2.76. The normalized spacial score (nSPS) is 25.0. The molecule has 0 aliphatic carbocycles. The maximum Gasteiger partial charge on any atom is 0.181 e. The van der Waals surface area contributed by atoms with Crippen LogP contribution in [0.5, 0.6) is 0 Å². The van der Waals surface area contributed by atoms with Crippen LogP contribution < -0.4 is 0 Å². The minimum absolute atomic E-state index is 0.00907. The van der Waals surface area contributed by atoms with E-state index >= 15 is 0 Å². The number of nitrogens with zero attached hydrogens (tertiary/aromatic N) is 1. The summed E-state index contributed by atoms with van der Waals surface area (Å²) in [7, 11) is 0. The highest BCUT2D eigenvalue weighted by Crippen LogP contribution is 2.44. The lowest BCUT2D eigenvalue weighted by molar-refractivity contribution is 0.0974. The van der Waals surface area contributed by atoms with Crippen LogP contribution in [0.2, 0.25) is 0 Å². The number of ketones is 1. The summed E-state index contributed by atoms with van der Waals surface area (Å²) in [5.74, 6) is 0.233. The second-order valence-electron chi connectivity index (χ2n) is 4.86. The summed E-state index contributed by atoms with van der Waals surface area (Å²) < 4.78 is 0. The molecule has 2 aromatic carbocycles. The second kappa shape index (κ2) is 4.98. The smallest absolute Gasteiger partial charge is 0.181 e. The molecule has 0 aromatic heterocycles. The van der Waals surface area contributed by atoms with Gasteiger partial charge in [-0.1, -0.05) is 67.6 Å². The van der Waals surface area contributed by atoms with Crippen LogP contribution in [0.4, 0.5) is 0 Å². The maximum absolute atomic E-state index is 12.5. The Morgan fingerprint density at radius 1 is 1.00 bits per heavy atom. The van der Waals surface area contributed by atoms with E-state index in [0.717, 1.165) is 12.1 Å². The van der Waals surface area contributed by atoms with Gasteiger partial charge in [0.05, 0.1) is 12.1 Å². The van der Waals surface area contributed by atoms with Crippen molar-refractivity contribution in [3.8, 4) is 0 Å². The molecule has 1 aliphatic rings. The molecule has 19 heavy (non-hydrogen) atoms. The summed E-state index contributed by atoms with van der Waals surface area (Å²) in [5.41, 5.74) is 2.04. The highest BCUT2D eigenvalue weighted by molar-refractivity contribution is 6.02. The summed E-state index contributed by atoms with van der Waals surface area (Å²) in [5, 5.41) is 0. The predicted molar refractivity (Wildman–Crippen MR) is 76.1 cm³/mol. The van der Waals surface area contributed by atoms with E-state index in [1.165, 1.54) is 5.56 Å². The van der Waals surface area contributed by atoms with Crippen LogP contribution in [0, 0.1) is 0 Å². The molecule has 1 aliphatic heterocycles. The Morgan fingerprint density at radius 2 is 1.58 bits per heavy atom. The Hall–Kier alpha value is -1.93. The SMILES string of the molecule is CCN1[C@H](C(=O)c2ccccc2)[C@@H]1c1ccccc1. The second-order valence-corrected chi connectivity index (χ2v) is 4.86. The highest BCUT2D eigenvalue weighted by Gasteiger charge is 2.51. The van der Waals surface area contributed by atoms with E-state index in [2.05, 4.69) is 24.0 Å². The van der Waals surface area contributed by atoms with Crippen molar-refractivity contribution in [3.63, 3.8) is 0 Å². The van der Waals surface area contributed by atoms with E-state index in [-0.39, 0.29) is 17.9 Å². The lowest BCUT2D eigenvalue weighted by atomic mass is 10.0. The van der Waals surface area contributed by atoms with Crippen LogP contribution >= 0.6 is 0 Å². The molecule has 0 amide bonds. The molecule has 3 rings (SSSR count). The lowest BCUT2D eigenvalue weighted by Gasteiger charge is -1.98. The van der Waals surface area contributed by atoms with E-state index in [1.807, 2.05) is 48.5 Å². The third-order valence-corrected chi connectivity index (χ3v) is 3.76. The number of Topliss-reactive ketones (excluding diaryl/α,β-unsaturated/α-hetero) is 1. The number of benzene rings is 2. The fraction of sp³-hybridized carbons (Fsp3) is 0.235. The minimum Gasteiger partial charge on any atom is -0.292 e. The average Bonchev–Trinajstić information content (AvgIpc) is 3.22.